The van der Waals surface area contributed by atoms with Gasteiger partial charge in [-0.15, -0.1) is 0 Å². The Morgan fingerprint density at radius 2 is 0.882 bits per heavy atom. The van der Waals surface area contributed by atoms with E-state index < -0.39 is 0 Å². The van der Waals surface area contributed by atoms with E-state index in [9.17, 15) is 4.79 Å². The summed E-state index contributed by atoms with van der Waals surface area (Å²) in [4.78, 5) is 12.9. The summed E-state index contributed by atoms with van der Waals surface area (Å²) in [6, 6.07) is 34.4. The van der Waals surface area contributed by atoms with Crippen LogP contribution in [0.1, 0.15) is 30.5 Å². The molecule has 0 bridgehead atoms. The zero-order chi connectivity index (χ0) is 22.8. The molecule has 0 fully saturated rings. The molecule has 6 aromatic carbocycles. The van der Waals surface area contributed by atoms with E-state index in [0.29, 0.717) is 6.42 Å². The minimum Gasteiger partial charge on any atom is -0.345 e. The lowest BCUT2D eigenvalue weighted by Gasteiger charge is -2.20. The Labute approximate surface area is 197 Å². The fourth-order valence-corrected chi connectivity index (χ4v) is 6.03. The first kappa shape index (κ1) is 19.3. The number of carbonyl (C=O) groups excluding carboxylic acids is 1. The molecule has 0 aromatic heterocycles. The van der Waals surface area contributed by atoms with Gasteiger partial charge in [-0.3, -0.25) is 4.79 Å². The zero-order valence-electron chi connectivity index (χ0n) is 18.9. The van der Waals surface area contributed by atoms with Crippen molar-refractivity contribution in [1.29, 1.82) is 0 Å². The summed E-state index contributed by atoms with van der Waals surface area (Å²) in [7, 11) is 0. The van der Waals surface area contributed by atoms with Gasteiger partial charge in [-0.1, -0.05) is 104 Å². The summed E-state index contributed by atoms with van der Waals surface area (Å²) in [5.74, 6) is 0.0679. The van der Waals surface area contributed by atoms with E-state index in [4.69, 9.17) is 0 Å². The normalized spacial score (nSPS) is 13.0. The molecule has 1 aliphatic rings. The lowest BCUT2D eigenvalue weighted by atomic mass is 9.89. The molecular weight excluding hydrogens is 414 g/mol. The smallest absolute Gasteiger partial charge is 0.220 e. The van der Waals surface area contributed by atoms with Gasteiger partial charge in [-0.2, -0.15) is 0 Å². The average molecular weight is 438 g/mol. The van der Waals surface area contributed by atoms with Crippen molar-refractivity contribution in [3.8, 4) is 11.1 Å². The Bertz CT molecular complexity index is 1670. The molecule has 162 valence electrons. The second-order valence-electron chi connectivity index (χ2n) is 9.11. The minimum absolute atomic E-state index is 0.0679. The quantitative estimate of drug-likeness (QED) is 0.274. The van der Waals surface area contributed by atoms with E-state index in [-0.39, 0.29) is 11.9 Å². The monoisotopic (exact) mass is 437 g/mol. The Balaban J connectivity index is 1.77. The van der Waals surface area contributed by atoms with Crippen LogP contribution < -0.4 is 5.32 Å². The second-order valence-corrected chi connectivity index (χ2v) is 9.11. The van der Waals surface area contributed by atoms with E-state index in [1.165, 1.54) is 65.3 Å². The van der Waals surface area contributed by atoms with Gasteiger partial charge in [0.1, 0.15) is 0 Å². The fourth-order valence-electron chi connectivity index (χ4n) is 6.03. The van der Waals surface area contributed by atoms with Gasteiger partial charge < -0.3 is 5.32 Å². The zero-order valence-corrected chi connectivity index (χ0v) is 18.9. The number of nitrogens with one attached hydrogen (secondary N) is 1. The van der Waals surface area contributed by atoms with Crippen LogP contribution in [0.25, 0.3) is 54.2 Å². The molecule has 0 heterocycles. The van der Waals surface area contributed by atoms with Gasteiger partial charge in [0.15, 0.2) is 0 Å². The van der Waals surface area contributed by atoms with Crippen molar-refractivity contribution in [2.45, 2.75) is 19.4 Å². The lowest BCUT2D eigenvalue weighted by molar-refractivity contribution is -0.121. The Morgan fingerprint density at radius 3 is 1.26 bits per heavy atom. The number of rotatable bonds is 2. The number of benzene rings is 6. The molecule has 0 spiro atoms. The second kappa shape index (κ2) is 7.16. The third-order valence-electron chi connectivity index (χ3n) is 7.40. The SMILES string of the molecule is CCC(=O)NC1c2c(c3ccccc3c3ccccc23)-c2c1c1ccccc1c1ccccc21. The van der Waals surface area contributed by atoms with Crippen molar-refractivity contribution in [1.82, 2.24) is 5.32 Å². The summed E-state index contributed by atoms with van der Waals surface area (Å²) in [6.45, 7) is 1.92. The molecule has 2 nitrogen and oxygen atoms in total. The number of hydrogen-bond donors (Lipinski definition) is 1. The van der Waals surface area contributed by atoms with E-state index in [2.05, 4.69) is 102 Å². The third kappa shape index (κ3) is 2.48. The largest absolute Gasteiger partial charge is 0.345 e. The summed E-state index contributed by atoms with van der Waals surface area (Å²) < 4.78 is 0. The molecule has 1 aliphatic carbocycles. The van der Waals surface area contributed by atoms with E-state index in [1.807, 2.05) is 6.92 Å². The Morgan fingerprint density at radius 1 is 0.559 bits per heavy atom. The molecule has 1 N–H and O–H groups in total. The highest BCUT2D eigenvalue weighted by atomic mass is 16.1. The Kier molecular flexibility index (Phi) is 4.07. The van der Waals surface area contributed by atoms with Crippen molar-refractivity contribution in [3.63, 3.8) is 0 Å². The molecule has 0 radical (unpaired) electrons. The van der Waals surface area contributed by atoms with Gasteiger partial charge in [0, 0.05) is 6.42 Å². The van der Waals surface area contributed by atoms with Gasteiger partial charge in [0.25, 0.3) is 0 Å². The van der Waals surface area contributed by atoms with Crippen molar-refractivity contribution >= 4 is 49.0 Å². The molecule has 0 aliphatic heterocycles. The van der Waals surface area contributed by atoms with Crippen molar-refractivity contribution in [2.24, 2.45) is 0 Å². The van der Waals surface area contributed by atoms with Crippen LogP contribution in [-0.2, 0) is 4.79 Å². The molecule has 1 amide bonds. The maximum absolute atomic E-state index is 12.9. The molecule has 7 rings (SSSR count). The predicted octanol–water partition coefficient (Wildman–Crippen LogP) is 7.90. The first-order valence-electron chi connectivity index (χ1n) is 11.9. The molecule has 34 heavy (non-hydrogen) atoms. The van der Waals surface area contributed by atoms with Crippen LogP contribution in [0.5, 0.6) is 0 Å². The third-order valence-corrected chi connectivity index (χ3v) is 7.40. The Hall–Kier alpha value is -4.17. The van der Waals surface area contributed by atoms with E-state index in [1.54, 1.807) is 0 Å². The van der Waals surface area contributed by atoms with Gasteiger partial charge in [0.2, 0.25) is 5.91 Å². The molecule has 2 heteroatoms. The summed E-state index contributed by atoms with van der Waals surface area (Å²) >= 11 is 0. The molecule has 0 unspecified atom stereocenters. The number of amides is 1. The van der Waals surface area contributed by atoms with Crippen LogP contribution in [0.3, 0.4) is 0 Å². The summed E-state index contributed by atoms with van der Waals surface area (Å²) in [6.07, 6.45) is 0.457. The van der Waals surface area contributed by atoms with E-state index in [0.717, 1.165) is 0 Å². The van der Waals surface area contributed by atoms with Crippen molar-refractivity contribution < 1.29 is 4.79 Å². The van der Waals surface area contributed by atoms with Crippen LogP contribution in [0, 0.1) is 0 Å². The van der Waals surface area contributed by atoms with Crippen LogP contribution in [0.4, 0.5) is 0 Å². The summed E-state index contributed by atoms with van der Waals surface area (Å²) in [5, 5.41) is 13.3. The predicted molar refractivity (Wildman–Crippen MR) is 142 cm³/mol. The highest BCUT2D eigenvalue weighted by Gasteiger charge is 2.36. The first-order chi connectivity index (χ1) is 16.8. The fraction of sp³-hybridized carbons (Fsp3) is 0.0938. The molecule has 6 aromatic rings. The molecule has 0 atom stereocenters. The van der Waals surface area contributed by atoms with Crippen molar-refractivity contribution in [2.75, 3.05) is 0 Å². The van der Waals surface area contributed by atoms with Gasteiger partial charge in [-0.25, -0.2) is 0 Å². The first-order valence-corrected chi connectivity index (χ1v) is 11.9. The van der Waals surface area contributed by atoms with Crippen molar-refractivity contribution in [3.05, 3.63) is 108 Å². The average Bonchev–Trinajstić information content (AvgIpc) is 3.24. The number of hydrogen-bond acceptors (Lipinski definition) is 1. The van der Waals surface area contributed by atoms with E-state index >= 15 is 0 Å². The van der Waals surface area contributed by atoms with Gasteiger partial charge in [-0.05, 0) is 65.3 Å². The molecule has 0 saturated carbocycles. The molecule has 0 saturated heterocycles. The van der Waals surface area contributed by atoms with Crippen LogP contribution in [0.15, 0.2) is 97.1 Å². The maximum Gasteiger partial charge on any atom is 0.220 e. The minimum atomic E-state index is -0.193. The van der Waals surface area contributed by atoms with Crippen LogP contribution in [0.2, 0.25) is 0 Å². The number of carbonyl (C=O) groups is 1. The summed E-state index contributed by atoms with van der Waals surface area (Å²) in [5.41, 5.74) is 4.94. The molecular formula is C32H23NO. The maximum atomic E-state index is 12.9. The topological polar surface area (TPSA) is 29.1 Å². The van der Waals surface area contributed by atoms with Gasteiger partial charge >= 0.3 is 0 Å². The highest BCUT2D eigenvalue weighted by molar-refractivity contribution is 6.25. The standard InChI is InChI=1S/C32H23NO/c1-2-27(34)33-32-30-25-17-9-5-13-21(25)19-11-3-7-15-23(19)28(30)29-24-16-8-4-12-20(24)22-14-6-10-18-26(22)31(29)32/h3-18,32H,2H2,1H3,(H,33,34). The van der Waals surface area contributed by atoms with Gasteiger partial charge in [0.05, 0.1) is 6.04 Å². The number of fused-ring (bicyclic) bond motifs is 13. The lowest BCUT2D eigenvalue weighted by Crippen LogP contribution is -2.27. The van der Waals surface area contributed by atoms with Crippen LogP contribution >= 0.6 is 0 Å². The highest BCUT2D eigenvalue weighted by Crippen LogP contribution is 2.55. The van der Waals surface area contributed by atoms with Crippen LogP contribution in [-0.4, -0.2) is 5.91 Å².